The van der Waals surface area contributed by atoms with Crippen LogP contribution < -0.4 is 5.73 Å². The topological polar surface area (TPSA) is 51.8 Å². The number of rotatable bonds is 3. The number of hydrogen-bond donors (Lipinski definition) is 1. The Balaban J connectivity index is 1.95. The van der Waals surface area contributed by atoms with Crippen LogP contribution in [0.3, 0.4) is 0 Å². The van der Waals surface area contributed by atoms with Crippen molar-refractivity contribution >= 4 is 0 Å². The van der Waals surface area contributed by atoms with E-state index in [1.165, 1.54) is 19.3 Å². The van der Waals surface area contributed by atoms with Crippen molar-refractivity contribution in [3.8, 4) is 0 Å². The highest BCUT2D eigenvalue weighted by atomic mass is 14.8. The largest absolute Gasteiger partial charge is 0.323 e. The lowest BCUT2D eigenvalue weighted by molar-refractivity contribution is 0.276. The van der Waals surface area contributed by atoms with Gasteiger partial charge in [0.2, 0.25) is 0 Å². The van der Waals surface area contributed by atoms with Crippen molar-refractivity contribution in [1.82, 2.24) is 9.97 Å². The molecule has 1 aromatic rings. The molecular weight excluding hydrogens is 174 g/mol. The van der Waals surface area contributed by atoms with Gasteiger partial charge in [0.25, 0.3) is 0 Å². The molecule has 0 radical (unpaired) electrons. The number of aryl methyl sites for hydroxylation is 1. The molecule has 3 heteroatoms. The van der Waals surface area contributed by atoms with Gasteiger partial charge in [0.05, 0.1) is 17.6 Å². The van der Waals surface area contributed by atoms with E-state index >= 15 is 0 Å². The number of nitrogens with zero attached hydrogens (tertiary/aromatic N) is 2. The highest BCUT2D eigenvalue weighted by Crippen LogP contribution is 2.33. The second-order valence-corrected chi connectivity index (χ2v) is 4.22. The van der Waals surface area contributed by atoms with Crippen LogP contribution in [0, 0.1) is 12.8 Å². The van der Waals surface area contributed by atoms with Crippen molar-refractivity contribution in [3.05, 3.63) is 23.8 Å². The Bertz CT molecular complexity index is 290. The van der Waals surface area contributed by atoms with E-state index in [1.54, 1.807) is 12.4 Å². The first kappa shape index (κ1) is 9.59. The predicted molar refractivity (Wildman–Crippen MR) is 55.7 cm³/mol. The van der Waals surface area contributed by atoms with Gasteiger partial charge in [-0.05, 0) is 19.3 Å². The lowest BCUT2D eigenvalue weighted by Crippen LogP contribution is -2.21. The van der Waals surface area contributed by atoms with Gasteiger partial charge in [-0.25, -0.2) is 0 Å². The first-order valence-corrected chi connectivity index (χ1v) is 5.30. The van der Waals surface area contributed by atoms with Gasteiger partial charge in [0, 0.05) is 12.2 Å². The summed E-state index contributed by atoms with van der Waals surface area (Å²) in [6.45, 7) is 1.94. The zero-order chi connectivity index (χ0) is 9.97. The third-order valence-corrected chi connectivity index (χ3v) is 2.99. The summed E-state index contributed by atoms with van der Waals surface area (Å²) < 4.78 is 0. The minimum absolute atomic E-state index is 0.0772. The Hall–Kier alpha value is -0.960. The highest BCUT2D eigenvalue weighted by molar-refractivity contribution is 5.05. The van der Waals surface area contributed by atoms with Crippen LogP contribution in [0.1, 0.15) is 43.1 Å². The third-order valence-electron chi connectivity index (χ3n) is 2.99. The summed E-state index contributed by atoms with van der Waals surface area (Å²) >= 11 is 0. The molecular formula is C11H17N3. The maximum absolute atomic E-state index is 6.05. The molecule has 2 rings (SSSR count). The summed E-state index contributed by atoms with van der Waals surface area (Å²) in [4.78, 5) is 8.51. The molecule has 0 amide bonds. The Morgan fingerprint density at radius 1 is 1.43 bits per heavy atom. The fourth-order valence-corrected chi connectivity index (χ4v) is 1.80. The quantitative estimate of drug-likeness (QED) is 0.794. The molecule has 1 unspecified atom stereocenters. The maximum Gasteiger partial charge on any atom is 0.0754 e. The average Bonchev–Trinajstić information content (AvgIpc) is 2.12. The summed E-state index contributed by atoms with van der Waals surface area (Å²) in [5, 5.41) is 0. The molecule has 0 bridgehead atoms. The van der Waals surface area contributed by atoms with Crippen LogP contribution in [0.5, 0.6) is 0 Å². The Labute approximate surface area is 84.8 Å². The molecule has 0 spiro atoms. The standard InChI is InChI=1S/C11H17N3/c1-8-6-14-11(7-13-8)10(12)5-9-3-2-4-9/h6-7,9-10H,2-5,12H2,1H3. The molecule has 1 heterocycles. The molecule has 0 aromatic carbocycles. The van der Waals surface area contributed by atoms with Crippen LogP contribution in [0.2, 0.25) is 0 Å². The summed E-state index contributed by atoms with van der Waals surface area (Å²) in [6, 6.07) is 0.0772. The van der Waals surface area contributed by atoms with E-state index in [4.69, 9.17) is 5.73 Å². The predicted octanol–water partition coefficient (Wildman–Crippen LogP) is 1.98. The number of hydrogen-bond acceptors (Lipinski definition) is 3. The van der Waals surface area contributed by atoms with Gasteiger partial charge in [0.15, 0.2) is 0 Å². The molecule has 2 N–H and O–H groups in total. The second kappa shape index (κ2) is 4.05. The molecule has 0 aliphatic heterocycles. The zero-order valence-electron chi connectivity index (χ0n) is 8.61. The summed E-state index contributed by atoms with van der Waals surface area (Å²) in [5.41, 5.74) is 7.93. The van der Waals surface area contributed by atoms with Crippen molar-refractivity contribution in [2.24, 2.45) is 11.7 Å². The molecule has 1 atom stereocenters. The number of aromatic nitrogens is 2. The zero-order valence-corrected chi connectivity index (χ0v) is 8.61. The van der Waals surface area contributed by atoms with Gasteiger partial charge in [-0.1, -0.05) is 19.3 Å². The Kier molecular flexibility index (Phi) is 2.77. The van der Waals surface area contributed by atoms with Crippen molar-refractivity contribution in [2.45, 2.75) is 38.6 Å². The summed E-state index contributed by atoms with van der Waals surface area (Å²) in [5.74, 6) is 0.827. The van der Waals surface area contributed by atoms with Crippen molar-refractivity contribution in [1.29, 1.82) is 0 Å². The van der Waals surface area contributed by atoms with Gasteiger partial charge in [-0.15, -0.1) is 0 Å². The number of nitrogens with two attached hydrogens (primary N) is 1. The van der Waals surface area contributed by atoms with Crippen LogP contribution in [-0.2, 0) is 0 Å². The fraction of sp³-hybridized carbons (Fsp3) is 0.636. The molecule has 0 saturated heterocycles. The van der Waals surface area contributed by atoms with Crippen molar-refractivity contribution in [3.63, 3.8) is 0 Å². The molecule has 3 nitrogen and oxygen atoms in total. The molecule has 1 aromatic heterocycles. The van der Waals surface area contributed by atoms with Gasteiger partial charge < -0.3 is 5.73 Å². The van der Waals surface area contributed by atoms with Crippen LogP contribution in [0.15, 0.2) is 12.4 Å². The van der Waals surface area contributed by atoms with E-state index in [0.717, 1.165) is 23.7 Å². The first-order valence-electron chi connectivity index (χ1n) is 5.30. The normalized spacial score (nSPS) is 19.0. The minimum Gasteiger partial charge on any atom is -0.323 e. The van der Waals surface area contributed by atoms with Gasteiger partial charge in [-0.3, -0.25) is 9.97 Å². The Morgan fingerprint density at radius 2 is 2.21 bits per heavy atom. The molecule has 14 heavy (non-hydrogen) atoms. The summed E-state index contributed by atoms with van der Waals surface area (Å²) in [7, 11) is 0. The van der Waals surface area contributed by atoms with Crippen LogP contribution in [-0.4, -0.2) is 9.97 Å². The molecule has 76 valence electrons. The highest BCUT2D eigenvalue weighted by Gasteiger charge is 2.21. The molecule has 1 aliphatic carbocycles. The van der Waals surface area contributed by atoms with Crippen LogP contribution >= 0.6 is 0 Å². The lowest BCUT2D eigenvalue weighted by atomic mass is 9.80. The monoisotopic (exact) mass is 191 g/mol. The third kappa shape index (κ3) is 2.10. The molecule has 1 saturated carbocycles. The SMILES string of the molecule is Cc1cnc(C(N)CC2CCC2)cn1. The van der Waals surface area contributed by atoms with Gasteiger partial charge in [-0.2, -0.15) is 0 Å². The van der Waals surface area contributed by atoms with Crippen LogP contribution in [0.25, 0.3) is 0 Å². The average molecular weight is 191 g/mol. The molecule has 1 fully saturated rings. The summed E-state index contributed by atoms with van der Waals surface area (Å²) in [6.07, 6.45) is 8.71. The fourth-order valence-electron chi connectivity index (χ4n) is 1.80. The second-order valence-electron chi connectivity index (χ2n) is 4.22. The van der Waals surface area contributed by atoms with Crippen LogP contribution in [0.4, 0.5) is 0 Å². The lowest BCUT2D eigenvalue weighted by Gasteiger charge is -2.27. The smallest absolute Gasteiger partial charge is 0.0754 e. The van der Waals surface area contributed by atoms with E-state index in [2.05, 4.69) is 9.97 Å². The van der Waals surface area contributed by atoms with E-state index in [-0.39, 0.29) is 6.04 Å². The first-order chi connectivity index (χ1) is 6.75. The van der Waals surface area contributed by atoms with Crippen molar-refractivity contribution in [2.75, 3.05) is 0 Å². The maximum atomic E-state index is 6.05. The van der Waals surface area contributed by atoms with E-state index in [1.807, 2.05) is 6.92 Å². The van der Waals surface area contributed by atoms with Crippen molar-refractivity contribution < 1.29 is 0 Å². The molecule has 1 aliphatic rings. The minimum atomic E-state index is 0.0772. The van der Waals surface area contributed by atoms with Gasteiger partial charge in [0.1, 0.15) is 0 Å². The van der Waals surface area contributed by atoms with E-state index in [0.29, 0.717) is 0 Å². The Morgan fingerprint density at radius 3 is 2.71 bits per heavy atom. The van der Waals surface area contributed by atoms with Gasteiger partial charge >= 0.3 is 0 Å². The van der Waals surface area contributed by atoms with E-state index < -0.39 is 0 Å². The van der Waals surface area contributed by atoms with E-state index in [9.17, 15) is 0 Å².